The third-order valence-electron chi connectivity index (χ3n) is 4.32. The van der Waals surface area contributed by atoms with Crippen molar-refractivity contribution in [3.8, 4) is 0 Å². The summed E-state index contributed by atoms with van der Waals surface area (Å²) in [4.78, 5) is 12.6. The van der Waals surface area contributed by atoms with E-state index in [-0.39, 0.29) is 5.92 Å². The van der Waals surface area contributed by atoms with Crippen molar-refractivity contribution in [2.75, 3.05) is 0 Å². The molecule has 1 saturated carbocycles. The molecule has 0 aromatic heterocycles. The van der Waals surface area contributed by atoms with E-state index >= 15 is 0 Å². The lowest BCUT2D eigenvalue weighted by atomic mass is 9.80. The van der Waals surface area contributed by atoms with Crippen molar-refractivity contribution in [3.63, 3.8) is 0 Å². The van der Waals surface area contributed by atoms with Gasteiger partial charge in [0.25, 0.3) is 0 Å². The van der Waals surface area contributed by atoms with Crippen LogP contribution >= 0.6 is 0 Å². The third-order valence-corrected chi connectivity index (χ3v) is 4.32. The van der Waals surface area contributed by atoms with Crippen molar-refractivity contribution in [2.45, 2.75) is 50.3 Å². The van der Waals surface area contributed by atoms with Crippen LogP contribution in [0.3, 0.4) is 0 Å². The molecule has 21 heavy (non-hydrogen) atoms. The molecule has 3 rings (SSSR count). The minimum absolute atomic E-state index is 0.307. The summed E-state index contributed by atoms with van der Waals surface area (Å²) in [5.74, 6) is -1.80. The molecule has 1 aliphatic heterocycles. The number of benzene rings is 1. The normalized spacial score (nSPS) is 38.5. The number of carbonyl (C=O) groups excluding carboxylic acids is 1. The third kappa shape index (κ3) is 2.25. The Balaban J connectivity index is 2.07. The van der Waals surface area contributed by atoms with Crippen LogP contribution in [0.4, 0.5) is 0 Å². The summed E-state index contributed by atoms with van der Waals surface area (Å²) >= 11 is 0. The Morgan fingerprint density at radius 1 is 1.10 bits per heavy atom. The topological polar surface area (TPSA) is 76.0 Å². The number of carbonyl (C=O) groups is 1. The zero-order chi connectivity index (χ0) is 15.3. The molecule has 5 nitrogen and oxygen atoms in total. The van der Waals surface area contributed by atoms with E-state index in [1.165, 1.54) is 0 Å². The molecule has 1 aromatic rings. The van der Waals surface area contributed by atoms with Crippen LogP contribution < -0.4 is 0 Å². The van der Waals surface area contributed by atoms with E-state index in [1.54, 1.807) is 13.8 Å². The SMILES string of the molecule is CC1(C)OC(=O)C(c2ccccc2)(C2CC(O)C(O)C2)O1. The molecule has 1 saturated heterocycles. The molecule has 2 N–H and O–H groups in total. The van der Waals surface area contributed by atoms with Gasteiger partial charge in [-0.3, -0.25) is 0 Å². The van der Waals surface area contributed by atoms with Crippen molar-refractivity contribution < 1.29 is 24.5 Å². The van der Waals surface area contributed by atoms with E-state index in [2.05, 4.69) is 0 Å². The van der Waals surface area contributed by atoms with Gasteiger partial charge in [-0.2, -0.15) is 0 Å². The predicted octanol–water partition coefficient (Wildman–Crippen LogP) is 1.32. The number of aliphatic hydroxyl groups excluding tert-OH is 2. The molecule has 0 amide bonds. The Morgan fingerprint density at radius 3 is 2.14 bits per heavy atom. The molecular weight excluding hydrogens is 272 g/mol. The molecule has 1 aromatic carbocycles. The first-order chi connectivity index (χ1) is 9.85. The Kier molecular flexibility index (Phi) is 3.31. The van der Waals surface area contributed by atoms with Crippen LogP contribution in [0.1, 0.15) is 32.3 Å². The number of hydrogen-bond acceptors (Lipinski definition) is 5. The van der Waals surface area contributed by atoms with Gasteiger partial charge in [0, 0.05) is 19.8 Å². The summed E-state index contributed by atoms with van der Waals surface area (Å²) in [5, 5.41) is 19.7. The van der Waals surface area contributed by atoms with Gasteiger partial charge in [-0.15, -0.1) is 0 Å². The standard InChI is InChI=1S/C16H20O5/c1-15(2)20-14(19)16(21-15,10-6-4-3-5-7-10)11-8-12(17)13(18)9-11/h3-7,11-13,17-18H,8-9H2,1-2H3. The maximum absolute atomic E-state index is 12.6. The van der Waals surface area contributed by atoms with Crippen molar-refractivity contribution >= 4 is 5.97 Å². The average molecular weight is 292 g/mol. The summed E-state index contributed by atoms with van der Waals surface area (Å²) in [6.45, 7) is 3.38. The van der Waals surface area contributed by atoms with Crippen molar-refractivity contribution in [3.05, 3.63) is 35.9 Å². The quantitative estimate of drug-likeness (QED) is 0.804. The average Bonchev–Trinajstić information content (AvgIpc) is 2.88. The van der Waals surface area contributed by atoms with Gasteiger partial charge in [-0.25, -0.2) is 4.79 Å². The first-order valence-electron chi connectivity index (χ1n) is 7.20. The first-order valence-corrected chi connectivity index (χ1v) is 7.20. The van der Waals surface area contributed by atoms with Gasteiger partial charge in [-0.1, -0.05) is 30.3 Å². The van der Waals surface area contributed by atoms with Crippen LogP contribution in [0.5, 0.6) is 0 Å². The van der Waals surface area contributed by atoms with Gasteiger partial charge in [0.2, 0.25) is 5.79 Å². The summed E-state index contributed by atoms with van der Waals surface area (Å²) in [6.07, 6.45) is -1.06. The summed E-state index contributed by atoms with van der Waals surface area (Å²) in [7, 11) is 0. The minimum atomic E-state index is -1.26. The molecule has 3 unspecified atom stereocenters. The molecule has 5 heteroatoms. The Bertz CT molecular complexity index is 531. The molecule has 0 radical (unpaired) electrons. The maximum atomic E-state index is 12.6. The van der Waals surface area contributed by atoms with Gasteiger partial charge in [0.15, 0.2) is 5.60 Å². The molecule has 114 valence electrons. The molecule has 0 bridgehead atoms. The van der Waals surface area contributed by atoms with Crippen LogP contribution in [0, 0.1) is 5.92 Å². The van der Waals surface area contributed by atoms with Crippen molar-refractivity contribution in [2.24, 2.45) is 5.92 Å². The molecular formula is C16H20O5. The number of cyclic esters (lactones) is 1. The van der Waals surface area contributed by atoms with Gasteiger partial charge in [-0.05, 0) is 18.4 Å². The lowest BCUT2D eigenvalue weighted by molar-refractivity contribution is -0.177. The van der Waals surface area contributed by atoms with Crippen LogP contribution in [0.15, 0.2) is 30.3 Å². The fraction of sp³-hybridized carbons (Fsp3) is 0.562. The second-order valence-corrected chi connectivity index (χ2v) is 6.30. The zero-order valence-corrected chi connectivity index (χ0v) is 12.2. The van der Waals surface area contributed by atoms with Crippen LogP contribution in [0.25, 0.3) is 0 Å². The van der Waals surface area contributed by atoms with Crippen molar-refractivity contribution in [1.82, 2.24) is 0 Å². The summed E-state index contributed by atoms with van der Waals surface area (Å²) < 4.78 is 11.4. The van der Waals surface area contributed by atoms with E-state index in [0.717, 1.165) is 0 Å². The number of aliphatic hydroxyl groups is 2. The Labute approximate surface area is 123 Å². The highest BCUT2D eigenvalue weighted by Crippen LogP contribution is 2.50. The fourth-order valence-electron chi connectivity index (χ4n) is 3.42. The highest BCUT2D eigenvalue weighted by molar-refractivity contribution is 5.84. The lowest BCUT2D eigenvalue weighted by Crippen LogP contribution is -2.41. The number of esters is 1. The molecule has 1 heterocycles. The van der Waals surface area contributed by atoms with Gasteiger partial charge < -0.3 is 19.7 Å². The molecule has 2 fully saturated rings. The molecule has 0 spiro atoms. The highest BCUT2D eigenvalue weighted by atomic mass is 16.8. The smallest absolute Gasteiger partial charge is 0.346 e. The van der Waals surface area contributed by atoms with E-state index in [4.69, 9.17) is 9.47 Å². The first kappa shape index (κ1) is 14.5. The second kappa shape index (κ2) is 4.80. The minimum Gasteiger partial charge on any atom is -0.431 e. The van der Waals surface area contributed by atoms with Crippen LogP contribution in [-0.4, -0.2) is 34.2 Å². The summed E-state index contributed by atoms with van der Waals surface area (Å²) in [6, 6.07) is 9.17. The number of rotatable bonds is 2. The van der Waals surface area contributed by atoms with Gasteiger partial charge in [0.1, 0.15) is 0 Å². The highest BCUT2D eigenvalue weighted by Gasteiger charge is 2.61. The number of ether oxygens (including phenoxy) is 2. The van der Waals surface area contributed by atoms with E-state index in [0.29, 0.717) is 18.4 Å². The maximum Gasteiger partial charge on any atom is 0.346 e. The second-order valence-electron chi connectivity index (χ2n) is 6.30. The van der Waals surface area contributed by atoms with E-state index < -0.39 is 29.6 Å². The molecule has 3 atom stereocenters. The predicted molar refractivity (Wildman–Crippen MR) is 74.1 cm³/mol. The molecule has 1 aliphatic carbocycles. The summed E-state index contributed by atoms with van der Waals surface area (Å²) in [5.41, 5.74) is -0.560. The lowest BCUT2D eigenvalue weighted by Gasteiger charge is -2.32. The van der Waals surface area contributed by atoms with Crippen LogP contribution in [-0.2, 0) is 19.9 Å². The fourth-order valence-corrected chi connectivity index (χ4v) is 3.42. The van der Waals surface area contributed by atoms with E-state index in [1.807, 2.05) is 30.3 Å². The molecule has 2 aliphatic rings. The van der Waals surface area contributed by atoms with Crippen molar-refractivity contribution in [1.29, 1.82) is 0 Å². The zero-order valence-electron chi connectivity index (χ0n) is 12.2. The Morgan fingerprint density at radius 2 is 1.67 bits per heavy atom. The van der Waals surface area contributed by atoms with Gasteiger partial charge >= 0.3 is 5.97 Å². The van der Waals surface area contributed by atoms with Crippen LogP contribution in [0.2, 0.25) is 0 Å². The van der Waals surface area contributed by atoms with E-state index in [9.17, 15) is 15.0 Å². The Hall–Kier alpha value is -1.43. The largest absolute Gasteiger partial charge is 0.431 e. The monoisotopic (exact) mass is 292 g/mol. The van der Waals surface area contributed by atoms with Gasteiger partial charge in [0.05, 0.1) is 12.2 Å². The number of hydrogen-bond donors (Lipinski definition) is 2.